The third-order valence-corrected chi connectivity index (χ3v) is 2.09. The largest absolute Gasteiger partial charge is 0.106 e. The average Bonchev–Trinajstić information content (AvgIpc) is 2.31. The molecular formula is C19H30. The molecule has 1 aromatic carbocycles. The Bertz CT molecular complexity index is 404. The van der Waals surface area contributed by atoms with Crippen LogP contribution in [0.25, 0.3) is 0 Å². The first-order valence-corrected chi connectivity index (χ1v) is 6.01. The highest BCUT2D eigenvalue weighted by Crippen LogP contribution is 2.12. The van der Waals surface area contributed by atoms with Gasteiger partial charge in [0.05, 0.1) is 0 Å². The van der Waals surface area contributed by atoms with Crippen LogP contribution in [0.3, 0.4) is 0 Å². The third-order valence-electron chi connectivity index (χ3n) is 2.09. The first-order chi connectivity index (χ1) is 8.11. The maximum Gasteiger partial charge on any atom is 0.0423 e. The van der Waals surface area contributed by atoms with E-state index in [0.29, 0.717) is 11.8 Å². The molecule has 0 amide bonds. The van der Waals surface area contributed by atoms with Gasteiger partial charge in [-0.2, -0.15) is 0 Å². The van der Waals surface area contributed by atoms with E-state index in [-0.39, 0.29) is 14.9 Å². The molecule has 1 atom stereocenters. The highest BCUT2D eigenvalue weighted by Gasteiger charge is 1.97. The minimum atomic E-state index is 0. The van der Waals surface area contributed by atoms with Gasteiger partial charge in [0.2, 0.25) is 0 Å². The Kier molecular flexibility index (Phi) is 17.1. The summed E-state index contributed by atoms with van der Waals surface area (Å²) in [5.74, 6) is 12.7. The molecule has 1 unspecified atom stereocenters. The van der Waals surface area contributed by atoms with Crippen molar-refractivity contribution in [2.24, 2.45) is 5.92 Å². The van der Waals surface area contributed by atoms with Gasteiger partial charge in [-0.25, -0.2) is 0 Å². The summed E-state index contributed by atoms with van der Waals surface area (Å²) in [5, 5.41) is 0. The van der Waals surface area contributed by atoms with Crippen LogP contribution in [-0.2, 0) is 0 Å². The van der Waals surface area contributed by atoms with Crippen molar-refractivity contribution in [3.05, 3.63) is 35.9 Å². The van der Waals surface area contributed by atoms with E-state index < -0.39 is 0 Å². The van der Waals surface area contributed by atoms with Crippen LogP contribution in [-0.4, -0.2) is 0 Å². The topological polar surface area (TPSA) is 0 Å². The molecular weight excluding hydrogens is 228 g/mol. The van der Waals surface area contributed by atoms with Gasteiger partial charge < -0.3 is 0 Å². The number of hydrogen-bond acceptors (Lipinski definition) is 0. The fourth-order valence-electron chi connectivity index (χ4n) is 1.33. The molecule has 0 nitrogen and oxygen atoms in total. The van der Waals surface area contributed by atoms with Crippen molar-refractivity contribution in [1.82, 2.24) is 0 Å². The quantitative estimate of drug-likeness (QED) is 0.562. The van der Waals surface area contributed by atoms with E-state index in [1.165, 1.54) is 5.56 Å². The molecule has 0 aliphatic rings. The van der Waals surface area contributed by atoms with Crippen molar-refractivity contribution >= 4 is 0 Å². The molecule has 0 radical (unpaired) electrons. The van der Waals surface area contributed by atoms with Gasteiger partial charge in [-0.05, 0) is 26.3 Å². The van der Waals surface area contributed by atoms with Crippen molar-refractivity contribution in [2.45, 2.75) is 55.4 Å². The van der Waals surface area contributed by atoms with E-state index in [9.17, 15) is 0 Å². The van der Waals surface area contributed by atoms with E-state index in [1.54, 1.807) is 0 Å². The molecule has 1 aromatic rings. The lowest BCUT2D eigenvalue weighted by atomic mass is 10.0. The summed E-state index contributed by atoms with van der Waals surface area (Å²) >= 11 is 0. The van der Waals surface area contributed by atoms with Crippen molar-refractivity contribution in [3.8, 4) is 23.7 Å². The summed E-state index contributed by atoms with van der Waals surface area (Å²) in [6.07, 6.45) is 0. The van der Waals surface area contributed by atoms with Gasteiger partial charge in [-0.1, -0.05) is 65.0 Å². The standard InChI is InChI=1S/C11H12.C6H10.2CH4/c1-3-7-10(2)11-8-5-4-6-9-11;1-4-5-6(2)3;;/h4-6,8-10H,1-2H3;6H,1-3H3;2*1H4. The van der Waals surface area contributed by atoms with Crippen molar-refractivity contribution in [3.63, 3.8) is 0 Å². The van der Waals surface area contributed by atoms with Gasteiger partial charge in [-0.3, -0.25) is 0 Å². The van der Waals surface area contributed by atoms with Gasteiger partial charge in [0.1, 0.15) is 0 Å². The zero-order chi connectivity index (χ0) is 13.1. The monoisotopic (exact) mass is 258 g/mol. The highest BCUT2D eigenvalue weighted by atomic mass is 14.0. The number of rotatable bonds is 1. The fraction of sp³-hybridized carbons (Fsp3) is 0.474. The van der Waals surface area contributed by atoms with Crippen LogP contribution in [0.5, 0.6) is 0 Å². The Morgan fingerprint density at radius 1 is 0.789 bits per heavy atom. The van der Waals surface area contributed by atoms with Gasteiger partial charge in [0.15, 0.2) is 0 Å². The molecule has 0 bridgehead atoms. The van der Waals surface area contributed by atoms with Gasteiger partial charge in [-0.15, -0.1) is 17.8 Å². The van der Waals surface area contributed by atoms with Gasteiger partial charge >= 0.3 is 0 Å². The molecule has 0 N–H and O–H groups in total. The minimum absolute atomic E-state index is 0. The normalized spacial score (nSPS) is 8.95. The molecule has 0 heteroatoms. The van der Waals surface area contributed by atoms with Crippen LogP contribution in [0, 0.1) is 29.6 Å². The summed E-state index contributed by atoms with van der Waals surface area (Å²) in [6.45, 7) is 10.0. The van der Waals surface area contributed by atoms with E-state index in [4.69, 9.17) is 0 Å². The van der Waals surface area contributed by atoms with Crippen LogP contribution >= 0.6 is 0 Å². The third kappa shape index (κ3) is 12.6. The number of benzene rings is 1. The molecule has 0 saturated heterocycles. The second-order valence-electron chi connectivity index (χ2n) is 4.08. The van der Waals surface area contributed by atoms with E-state index in [2.05, 4.69) is 56.6 Å². The molecule has 0 aliphatic carbocycles. The molecule has 0 saturated carbocycles. The Labute approximate surface area is 121 Å². The first-order valence-electron chi connectivity index (χ1n) is 6.01. The smallest absolute Gasteiger partial charge is 0.0423 e. The lowest BCUT2D eigenvalue weighted by molar-refractivity contribution is 0.866. The highest BCUT2D eigenvalue weighted by molar-refractivity contribution is 5.26. The van der Waals surface area contributed by atoms with E-state index in [0.717, 1.165) is 0 Å². The van der Waals surface area contributed by atoms with E-state index >= 15 is 0 Å². The Hall–Kier alpha value is -1.66. The summed E-state index contributed by atoms with van der Waals surface area (Å²) in [4.78, 5) is 0. The summed E-state index contributed by atoms with van der Waals surface area (Å²) < 4.78 is 0. The van der Waals surface area contributed by atoms with E-state index in [1.807, 2.05) is 32.0 Å². The summed E-state index contributed by atoms with van der Waals surface area (Å²) in [6, 6.07) is 10.3. The zero-order valence-electron chi connectivity index (χ0n) is 11.5. The maximum atomic E-state index is 3.11. The molecule has 19 heavy (non-hydrogen) atoms. The lowest BCUT2D eigenvalue weighted by Gasteiger charge is -2.01. The van der Waals surface area contributed by atoms with Crippen molar-refractivity contribution < 1.29 is 0 Å². The van der Waals surface area contributed by atoms with Crippen LogP contribution in [0.4, 0.5) is 0 Å². The molecule has 0 spiro atoms. The summed E-state index contributed by atoms with van der Waals surface area (Å²) in [7, 11) is 0. The summed E-state index contributed by atoms with van der Waals surface area (Å²) in [5.41, 5.74) is 1.29. The average molecular weight is 258 g/mol. The second kappa shape index (κ2) is 14.4. The SMILES string of the molecule is C.C.CC#CC(C)C.CC#CC(C)c1ccccc1. The Balaban J connectivity index is -0.000000282. The van der Waals surface area contributed by atoms with Crippen LogP contribution in [0.2, 0.25) is 0 Å². The second-order valence-corrected chi connectivity index (χ2v) is 4.08. The molecule has 1 rings (SSSR count). The molecule has 0 aliphatic heterocycles. The Morgan fingerprint density at radius 3 is 1.58 bits per heavy atom. The van der Waals surface area contributed by atoms with Crippen molar-refractivity contribution in [1.29, 1.82) is 0 Å². The van der Waals surface area contributed by atoms with Crippen LogP contribution < -0.4 is 0 Å². The minimum Gasteiger partial charge on any atom is -0.106 e. The van der Waals surface area contributed by atoms with Crippen LogP contribution in [0.1, 0.15) is 61.0 Å². The molecule has 0 fully saturated rings. The van der Waals surface area contributed by atoms with Crippen LogP contribution in [0.15, 0.2) is 30.3 Å². The molecule has 0 aromatic heterocycles. The molecule has 0 heterocycles. The predicted octanol–water partition coefficient (Wildman–Crippen LogP) is 5.75. The molecule has 106 valence electrons. The zero-order valence-corrected chi connectivity index (χ0v) is 11.5. The lowest BCUT2D eigenvalue weighted by Crippen LogP contribution is -1.87. The first kappa shape index (κ1) is 22.5. The van der Waals surface area contributed by atoms with Gasteiger partial charge in [0.25, 0.3) is 0 Å². The predicted molar refractivity (Wildman–Crippen MR) is 90.1 cm³/mol. The fourth-order valence-corrected chi connectivity index (χ4v) is 1.33. The number of hydrogen-bond donors (Lipinski definition) is 0. The Morgan fingerprint density at radius 2 is 1.26 bits per heavy atom. The van der Waals surface area contributed by atoms with Gasteiger partial charge in [0, 0.05) is 11.8 Å². The maximum absolute atomic E-state index is 3.11. The van der Waals surface area contributed by atoms with Crippen molar-refractivity contribution in [2.75, 3.05) is 0 Å².